The van der Waals surface area contributed by atoms with Gasteiger partial charge in [0.15, 0.2) is 0 Å². The van der Waals surface area contributed by atoms with Crippen LogP contribution in [0.5, 0.6) is 0 Å². The second-order valence-corrected chi connectivity index (χ2v) is 5.80. The fourth-order valence-electron chi connectivity index (χ4n) is 2.09. The lowest BCUT2D eigenvalue weighted by atomic mass is 10.0. The van der Waals surface area contributed by atoms with Gasteiger partial charge < -0.3 is 5.32 Å². The van der Waals surface area contributed by atoms with E-state index in [1.165, 1.54) is 12.8 Å². The summed E-state index contributed by atoms with van der Waals surface area (Å²) >= 11 is 0. The normalized spacial score (nSPS) is 16.0. The summed E-state index contributed by atoms with van der Waals surface area (Å²) in [6, 6.07) is 0.561. The van der Waals surface area contributed by atoms with Crippen LogP contribution in [0.3, 0.4) is 0 Å². The van der Waals surface area contributed by atoms with Crippen molar-refractivity contribution < 1.29 is 13.2 Å². The zero-order valence-electron chi connectivity index (χ0n) is 12.1. The van der Waals surface area contributed by atoms with E-state index >= 15 is 0 Å². The number of hydrogen-bond acceptors (Lipinski definition) is 1. The van der Waals surface area contributed by atoms with Gasteiger partial charge in [0, 0.05) is 18.5 Å². The van der Waals surface area contributed by atoms with Gasteiger partial charge in [-0.3, -0.25) is 0 Å². The van der Waals surface area contributed by atoms with Gasteiger partial charge in [0.05, 0.1) is 0 Å². The van der Waals surface area contributed by atoms with Crippen LogP contribution in [-0.2, 0) is 0 Å². The third kappa shape index (κ3) is 12.2. The van der Waals surface area contributed by atoms with Gasteiger partial charge in [-0.1, -0.05) is 26.7 Å². The van der Waals surface area contributed by atoms with Gasteiger partial charge in [-0.15, -0.1) is 0 Å². The van der Waals surface area contributed by atoms with Crippen molar-refractivity contribution >= 4 is 0 Å². The van der Waals surface area contributed by atoms with Crippen LogP contribution in [0, 0.1) is 5.92 Å². The molecule has 2 atom stereocenters. The minimum atomic E-state index is -4.01. The summed E-state index contributed by atoms with van der Waals surface area (Å²) in [5, 5.41) is 3.37. The Labute approximate surface area is 110 Å². The fraction of sp³-hybridized carbons (Fsp3) is 1.00. The monoisotopic (exact) mass is 267 g/mol. The maximum atomic E-state index is 12.0. The molecule has 0 aromatic heterocycles. The number of alkyl halides is 3. The van der Waals surface area contributed by atoms with Crippen molar-refractivity contribution in [2.24, 2.45) is 5.92 Å². The summed E-state index contributed by atoms with van der Waals surface area (Å²) < 4.78 is 36.0. The highest BCUT2D eigenvalue weighted by Gasteiger charge is 2.26. The zero-order chi connectivity index (χ0) is 14.2. The molecule has 2 unspecified atom stereocenters. The Hall–Kier alpha value is -0.250. The van der Waals surface area contributed by atoms with Gasteiger partial charge in [-0.25, -0.2) is 0 Å². The molecule has 0 fully saturated rings. The van der Waals surface area contributed by atoms with Crippen LogP contribution in [0.2, 0.25) is 0 Å². The van der Waals surface area contributed by atoms with E-state index in [0.29, 0.717) is 12.5 Å². The Balaban J connectivity index is 3.58. The lowest BCUT2D eigenvalue weighted by Crippen LogP contribution is -2.34. The van der Waals surface area contributed by atoms with Gasteiger partial charge >= 0.3 is 6.18 Å². The van der Waals surface area contributed by atoms with Gasteiger partial charge in [-0.05, 0) is 39.0 Å². The minimum Gasteiger partial charge on any atom is -0.312 e. The van der Waals surface area contributed by atoms with Crippen LogP contribution in [0.25, 0.3) is 0 Å². The first-order valence-corrected chi connectivity index (χ1v) is 7.03. The molecule has 1 nitrogen and oxygen atoms in total. The van der Waals surface area contributed by atoms with Gasteiger partial charge in [0.1, 0.15) is 0 Å². The molecule has 0 saturated carbocycles. The maximum absolute atomic E-state index is 12.0. The summed E-state index contributed by atoms with van der Waals surface area (Å²) in [5.74, 6) is 0.724. The van der Waals surface area contributed by atoms with Crippen molar-refractivity contribution in [3.05, 3.63) is 0 Å². The summed E-state index contributed by atoms with van der Waals surface area (Å²) in [7, 11) is 0. The van der Waals surface area contributed by atoms with Crippen molar-refractivity contribution in [2.45, 2.75) is 84.5 Å². The van der Waals surface area contributed by atoms with Crippen LogP contribution in [-0.4, -0.2) is 18.3 Å². The third-order valence-electron chi connectivity index (χ3n) is 3.09. The summed E-state index contributed by atoms with van der Waals surface area (Å²) in [4.78, 5) is 0. The molecule has 0 saturated heterocycles. The van der Waals surface area contributed by atoms with Crippen LogP contribution < -0.4 is 5.32 Å². The number of halogens is 3. The second kappa shape index (κ2) is 8.78. The van der Waals surface area contributed by atoms with E-state index in [0.717, 1.165) is 12.3 Å². The molecule has 0 bridgehead atoms. The molecular formula is C14H28F3N. The molecule has 0 aliphatic heterocycles. The number of rotatable bonds is 9. The Morgan fingerprint density at radius 1 is 0.833 bits per heavy atom. The van der Waals surface area contributed by atoms with E-state index in [-0.39, 0.29) is 12.5 Å². The Kier molecular flexibility index (Phi) is 8.66. The smallest absolute Gasteiger partial charge is 0.312 e. The fourth-order valence-corrected chi connectivity index (χ4v) is 2.09. The minimum absolute atomic E-state index is 0.168. The van der Waals surface area contributed by atoms with E-state index < -0.39 is 12.6 Å². The molecule has 18 heavy (non-hydrogen) atoms. The number of nitrogens with one attached hydrogen (secondary N) is 1. The van der Waals surface area contributed by atoms with Gasteiger partial charge in [0.2, 0.25) is 0 Å². The van der Waals surface area contributed by atoms with E-state index in [9.17, 15) is 13.2 Å². The first-order valence-electron chi connectivity index (χ1n) is 7.03. The van der Waals surface area contributed by atoms with Crippen molar-refractivity contribution in [3.63, 3.8) is 0 Å². The highest BCUT2D eigenvalue weighted by molar-refractivity contribution is 4.68. The highest BCUT2D eigenvalue weighted by Crippen LogP contribution is 2.22. The predicted molar refractivity (Wildman–Crippen MR) is 70.7 cm³/mol. The topological polar surface area (TPSA) is 12.0 Å². The molecule has 110 valence electrons. The molecule has 0 aliphatic carbocycles. The van der Waals surface area contributed by atoms with Crippen LogP contribution in [0.1, 0.15) is 66.2 Å². The van der Waals surface area contributed by atoms with Crippen molar-refractivity contribution in [1.82, 2.24) is 5.32 Å². The lowest BCUT2D eigenvalue weighted by Gasteiger charge is -2.20. The van der Waals surface area contributed by atoms with E-state index in [2.05, 4.69) is 26.1 Å². The molecule has 0 aliphatic rings. The summed E-state index contributed by atoms with van der Waals surface area (Å²) in [5.41, 5.74) is 0. The molecule has 1 N–H and O–H groups in total. The van der Waals surface area contributed by atoms with E-state index in [1.807, 2.05) is 6.92 Å². The number of hydrogen-bond donors (Lipinski definition) is 1. The van der Waals surface area contributed by atoms with Crippen LogP contribution in [0.4, 0.5) is 13.2 Å². The molecular weight excluding hydrogens is 239 g/mol. The largest absolute Gasteiger partial charge is 0.389 e. The second-order valence-electron chi connectivity index (χ2n) is 5.80. The van der Waals surface area contributed by atoms with Gasteiger partial charge in [-0.2, -0.15) is 13.2 Å². The molecule has 4 heteroatoms. The van der Waals surface area contributed by atoms with Crippen LogP contribution >= 0.6 is 0 Å². The molecule has 0 amide bonds. The van der Waals surface area contributed by atoms with E-state index in [1.54, 1.807) is 0 Å². The van der Waals surface area contributed by atoms with Crippen molar-refractivity contribution in [3.8, 4) is 0 Å². The quantitative estimate of drug-likeness (QED) is 0.625. The lowest BCUT2D eigenvalue weighted by molar-refractivity contribution is -0.135. The molecule has 0 heterocycles. The third-order valence-corrected chi connectivity index (χ3v) is 3.09. The average Bonchev–Trinajstić information content (AvgIpc) is 2.14. The molecule has 0 rings (SSSR count). The summed E-state index contributed by atoms with van der Waals surface area (Å²) in [6.07, 6.45) is -0.370. The van der Waals surface area contributed by atoms with Gasteiger partial charge in [0.25, 0.3) is 0 Å². The first-order chi connectivity index (χ1) is 8.20. The zero-order valence-corrected chi connectivity index (χ0v) is 12.1. The molecule has 0 radical (unpaired) electrons. The summed E-state index contributed by atoms with van der Waals surface area (Å²) in [6.45, 7) is 8.49. The average molecular weight is 267 g/mol. The maximum Gasteiger partial charge on any atom is 0.389 e. The Morgan fingerprint density at radius 2 is 1.33 bits per heavy atom. The van der Waals surface area contributed by atoms with E-state index in [4.69, 9.17) is 0 Å². The molecule has 0 aromatic rings. The Morgan fingerprint density at radius 3 is 1.78 bits per heavy atom. The molecule has 0 aromatic carbocycles. The standard InChI is InChI=1S/C14H28F3N/c1-11(2)7-5-8-12(3)18-13(4)9-6-10-14(15,16)17/h11-13,18H,5-10H2,1-4H3. The Bertz CT molecular complexity index is 202. The first kappa shape index (κ1) is 17.8. The van der Waals surface area contributed by atoms with Crippen LogP contribution in [0.15, 0.2) is 0 Å². The highest BCUT2D eigenvalue weighted by atomic mass is 19.4. The van der Waals surface area contributed by atoms with Crippen molar-refractivity contribution in [2.75, 3.05) is 0 Å². The SMILES string of the molecule is CC(C)CCCC(C)NC(C)CCCC(F)(F)F. The molecule has 0 spiro atoms. The van der Waals surface area contributed by atoms with Crippen molar-refractivity contribution in [1.29, 1.82) is 0 Å². The predicted octanol–water partition coefficient (Wildman–Crippen LogP) is 4.91.